The number of hydrogen-bond donors (Lipinski definition) is 1. The molecule has 0 spiro atoms. The van der Waals surface area contributed by atoms with Crippen LogP contribution in [0.1, 0.15) is 32.3 Å². The van der Waals surface area contributed by atoms with Gasteiger partial charge in [-0.2, -0.15) is 5.26 Å². The Kier molecular flexibility index (Phi) is 6.80. The number of nitro benzene ring substituents is 1. The fraction of sp³-hybridized carbons (Fsp3) is 0.562. The minimum Gasteiger partial charge on any atom is -0.382 e. The van der Waals surface area contributed by atoms with Crippen LogP contribution >= 0.6 is 0 Å². The van der Waals surface area contributed by atoms with Crippen molar-refractivity contribution in [2.75, 3.05) is 26.0 Å². The molecule has 0 aromatic heterocycles. The van der Waals surface area contributed by atoms with Crippen molar-refractivity contribution in [1.82, 2.24) is 4.90 Å². The van der Waals surface area contributed by atoms with Gasteiger partial charge in [0.05, 0.1) is 16.2 Å². The molecule has 0 unspecified atom stereocenters. The average Bonchev–Trinajstić information content (AvgIpc) is 2.50. The molecular weight excluding hydrogens is 280 g/mol. The summed E-state index contributed by atoms with van der Waals surface area (Å²) >= 11 is 0. The lowest BCUT2D eigenvalue weighted by Crippen LogP contribution is -2.40. The van der Waals surface area contributed by atoms with Crippen LogP contribution in [0.5, 0.6) is 0 Å². The van der Waals surface area contributed by atoms with E-state index in [1.807, 2.05) is 20.2 Å². The molecular formula is C16H24N4O2. The highest BCUT2D eigenvalue weighted by molar-refractivity contribution is 5.61. The second-order valence-electron chi connectivity index (χ2n) is 5.59. The smallest absolute Gasteiger partial charge is 0.270 e. The third-order valence-electron chi connectivity index (χ3n) is 4.09. The van der Waals surface area contributed by atoms with Gasteiger partial charge < -0.3 is 10.2 Å². The van der Waals surface area contributed by atoms with E-state index in [4.69, 9.17) is 0 Å². The Morgan fingerprint density at radius 3 is 2.45 bits per heavy atom. The van der Waals surface area contributed by atoms with Crippen molar-refractivity contribution in [3.05, 3.63) is 33.9 Å². The van der Waals surface area contributed by atoms with Crippen LogP contribution in [0.15, 0.2) is 18.2 Å². The van der Waals surface area contributed by atoms with Gasteiger partial charge in [0.25, 0.3) is 5.69 Å². The van der Waals surface area contributed by atoms with Crippen molar-refractivity contribution in [3.63, 3.8) is 0 Å². The van der Waals surface area contributed by atoms with Crippen LogP contribution in [0, 0.1) is 27.4 Å². The molecule has 120 valence electrons. The maximum absolute atomic E-state index is 10.8. The Bertz CT molecular complexity index is 548. The minimum atomic E-state index is -0.489. The molecule has 0 aliphatic heterocycles. The third-order valence-corrected chi connectivity index (χ3v) is 4.09. The van der Waals surface area contributed by atoms with E-state index in [0.717, 1.165) is 12.8 Å². The highest BCUT2D eigenvalue weighted by Gasteiger charge is 2.21. The summed E-state index contributed by atoms with van der Waals surface area (Å²) in [6.45, 7) is 5.06. The zero-order valence-corrected chi connectivity index (χ0v) is 13.7. The number of non-ortho nitro benzene ring substituents is 1. The molecule has 6 nitrogen and oxygen atoms in total. The molecule has 1 aromatic rings. The van der Waals surface area contributed by atoms with Gasteiger partial charge in [-0.25, -0.2) is 0 Å². The molecule has 0 aliphatic rings. The molecule has 0 heterocycles. The van der Waals surface area contributed by atoms with E-state index in [2.05, 4.69) is 24.1 Å². The number of nitrogens with zero attached hydrogens (tertiary/aromatic N) is 3. The second-order valence-corrected chi connectivity index (χ2v) is 5.59. The molecule has 6 heteroatoms. The number of hydrogen-bond acceptors (Lipinski definition) is 5. The molecule has 0 bridgehead atoms. The summed E-state index contributed by atoms with van der Waals surface area (Å²) in [6, 6.07) is 6.70. The van der Waals surface area contributed by atoms with Crippen LogP contribution in [0.3, 0.4) is 0 Å². The first kappa shape index (κ1) is 17.9. The summed E-state index contributed by atoms with van der Waals surface area (Å²) in [6.07, 6.45) is 2.18. The molecule has 0 fully saturated rings. The topological polar surface area (TPSA) is 82.2 Å². The van der Waals surface area contributed by atoms with Crippen LogP contribution in [0.4, 0.5) is 11.4 Å². The summed E-state index contributed by atoms with van der Waals surface area (Å²) in [7, 11) is 4.09. The van der Waals surface area contributed by atoms with E-state index < -0.39 is 4.92 Å². The summed E-state index contributed by atoms with van der Waals surface area (Å²) in [4.78, 5) is 12.5. The monoisotopic (exact) mass is 304 g/mol. The number of nitriles is 1. The Morgan fingerprint density at radius 1 is 1.36 bits per heavy atom. The number of rotatable bonds is 8. The maximum Gasteiger partial charge on any atom is 0.270 e. The molecule has 1 N–H and O–H groups in total. The summed E-state index contributed by atoms with van der Waals surface area (Å²) < 4.78 is 0. The number of nitrogens with one attached hydrogen (secondary N) is 1. The van der Waals surface area contributed by atoms with Crippen LogP contribution in [-0.2, 0) is 0 Å². The molecule has 1 atom stereocenters. The zero-order chi connectivity index (χ0) is 16.7. The quantitative estimate of drug-likeness (QED) is 0.589. The van der Waals surface area contributed by atoms with Crippen molar-refractivity contribution in [1.29, 1.82) is 5.26 Å². The lowest BCUT2D eigenvalue weighted by atomic mass is 9.93. The van der Waals surface area contributed by atoms with Crippen molar-refractivity contribution in [2.45, 2.75) is 32.7 Å². The van der Waals surface area contributed by atoms with Gasteiger partial charge in [0.15, 0.2) is 0 Å². The number of benzene rings is 1. The fourth-order valence-corrected chi connectivity index (χ4v) is 2.71. The van der Waals surface area contributed by atoms with Gasteiger partial charge in [0, 0.05) is 24.7 Å². The van der Waals surface area contributed by atoms with Gasteiger partial charge in [-0.05, 0) is 26.1 Å². The number of anilines is 1. The van der Waals surface area contributed by atoms with Crippen molar-refractivity contribution >= 4 is 11.4 Å². The van der Waals surface area contributed by atoms with Crippen LogP contribution < -0.4 is 5.32 Å². The average molecular weight is 304 g/mol. The lowest BCUT2D eigenvalue weighted by Gasteiger charge is -2.32. The molecule has 0 saturated carbocycles. The van der Waals surface area contributed by atoms with Crippen molar-refractivity contribution in [2.24, 2.45) is 5.92 Å². The summed E-state index contributed by atoms with van der Waals surface area (Å²) in [5.74, 6) is 0.561. The standard InChI is InChI=1S/C16H24N4O2/c1-5-12(6-2)16(19(3)4)11-18-15-8-7-14(20(21)22)9-13(15)10-17/h7-9,12,16,18H,5-6,11H2,1-4H3/t16-/m0/s1. The molecule has 0 aliphatic carbocycles. The molecule has 0 amide bonds. The van der Waals surface area contributed by atoms with Gasteiger partial charge in [-0.15, -0.1) is 0 Å². The lowest BCUT2D eigenvalue weighted by molar-refractivity contribution is -0.384. The summed E-state index contributed by atoms with van der Waals surface area (Å²) in [5.41, 5.74) is 0.883. The van der Waals surface area contributed by atoms with Gasteiger partial charge in [0.1, 0.15) is 6.07 Å². The van der Waals surface area contributed by atoms with Gasteiger partial charge >= 0.3 is 0 Å². The Labute approximate surface area is 131 Å². The molecule has 22 heavy (non-hydrogen) atoms. The van der Waals surface area contributed by atoms with Gasteiger partial charge in [-0.1, -0.05) is 26.7 Å². The second kappa shape index (κ2) is 8.35. The zero-order valence-electron chi connectivity index (χ0n) is 13.7. The van der Waals surface area contributed by atoms with Crippen LogP contribution in [-0.4, -0.2) is 36.5 Å². The van der Waals surface area contributed by atoms with E-state index in [9.17, 15) is 15.4 Å². The van der Waals surface area contributed by atoms with E-state index >= 15 is 0 Å². The van der Waals surface area contributed by atoms with E-state index in [0.29, 0.717) is 29.8 Å². The van der Waals surface area contributed by atoms with E-state index in [1.54, 1.807) is 6.07 Å². The molecule has 1 aromatic carbocycles. The van der Waals surface area contributed by atoms with E-state index in [-0.39, 0.29) is 5.69 Å². The predicted octanol–water partition coefficient (Wildman–Crippen LogP) is 3.24. The van der Waals surface area contributed by atoms with E-state index in [1.165, 1.54) is 12.1 Å². The molecule has 0 saturated heterocycles. The van der Waals surface area contributed by atoms with Crippen molar-refractivity contribution in [3.8, 4) is 6.07 Å². The molecule has 0 radical (unpaired) electrons. The highest BCUT2D eigenvalue weighted by Crippen LogP contribution is 2.23. The SMILES string of the molecule is CCC(CC)[C@H](CNc1ccc([N+](=O)[O-])cc1C#N)N(C)C. The van der Waals surface area contributed by atoms with Crippen LogP contribution in [0.25, 0.3) is 0 Å². The predicted molar refractivity (Wildman–Crippen MR) is 87.8 cm³/mol. The first-order valence-corrected chi connectivity index (χ1v) is 7.53. The largest absolute Gasteiger partial charge is 0.382 e. The number of likely N-dealkylation sites (N-methyl/N-ethyl adjacent to an activating group) is 1. The minimum absolute atomic E-state index is 0.0637. The fourth-order valence-electron chi connectivity index (χ4n) is 2.71. The van der Waals surface area contributed by atoms with Gasteiger partial charge in [0.2, 0.25) is 0 Å². The van der Waals surface area contributed by atoms with Crippen molar-refractivity contribution < 1.29 is 4.92 Å². The first-order valence-electron chi connectivity index (χ1n) is 7.53. The van der Waals surface area contributed by atoms with Gasteiger partial charge in [-0.3, -0.25) is 10.1 Å². The Morgan fingerprint density at radius 2 is 2.00 bits per heavy atom. The van der Waals surface area contributed by atoms with Crippen LogP contribution in [0.2, 0.25) is 0 Å². The molecule has 1 rings (SSSR count). The Balaban J connectivity index is 2.90. The first-order chi connectivity index (χ1) is 10.4. The normalized spacial score (nSPS) is 12.2. The highest BCUT2D eigenvalue weighted by atomic mass is 16.6. The Hall–Kier alpha value is -2.13. The third kappa shape index (κ3) is 4.43. The number of nitro groups is 1. The maximum atomic E-state index is 10.8. The summed E-state index contributed by atoms with van der Waals surface area (Å²) in [5, 5.41) is 23.2.